The van der Waals surface area contributed by atoms with E-state index in [1.54, 1.807) is 56.7 Å². The molecule has 3 aromatic rings. The average molecular weight is 456 g/mol. The third-order valence-corrected chi connectivity index (χ3v) is 7.06. The fourth-order valence-corrected chi connectivity index (χ4v) is 4.79. The van der Waals surface area contributed by atoms with Gasteiger partial charge in [0, 0.05) is 6.07 Å². The summed E-state index contributed by atoms with van der Waals surface area (Å²) in [5, 5.41) is 0. The van der Waals surface area contributed by atoms with E-state index in [0.29, 0.717) is 28.9 Å². The number of nitrogens with zero attached hydrogens (tertiary/aromatic N) is 1. The van der Waals surface area contributed by atoms with Crippen molar-refractivity contribution < 1.29 is 22.6 Å². The zero-order valence-electron chi connectivity index (χ0n) is 19.0. The molecule has 0 saturated heterocycles. The molecule has 0 amide bonds. The summed E-state index contributed by atoms with van der Waals surface area (Å²) in [5.41, 5.74) is 2.55. The fourth-order valence-electron chi connectivity index (χ4n) is 3.34. The molecule has 0 radical (unpaired) electrons. The van der Waals surface area contributed by atoms with E-state index < -0.39 is 10.0 Å². The molecule has 0 unspecified atom stereocenters. The normalized spacial score (nSPS) is 11.3. The Kier molecular flexibility index (Phi) is 7.30. The summed E-state index contributed by atoms with van der Waals surface area (Å²) in [6, 6.07) is 19.4. The van der Waals surface area contributed by atoms with Crippen LogP contribution in [0.15, 0.2) is 71.6 Å². The lowest BCUT2D eigenvalue weighted by atomic mass is 10.0. The van der Waals surface area contributed by atoms with E-state index in [0.717, 1.165) is 5.56 Å². The van der Waals surface area contributed by atoms with Crippen LogP contribution in [0.25, 0.3) is 0 Å². The van der Waals surface area contributed by atoms with E-state index in [-0.39, 0.29) is 11.4 Å². The highest BCUT2D eigenvalue weighted by molar-refractivity contribution is 7.92. The maximum atomic E-state index is 13.7. The van der Waals surface area contributed by atoms with Crippen LogP contribution in [0.4, 0.5) is 5.69 Å². The van der Waals surface area contributed by atoms with Crippen LogP contribution in [-0.4, -0.2) is 29.7 Å². The van der Waals surface area contributed by atoms with Crippen molar-refractivity contribution in [1.82, 2.24) is 0 Å². The van der Waals surface area contributed by atoms with Crippen LogP contribution in [0.1, 0.15) is 30.9 Å². The van der Waals surface area contributed by atoms with Gasteiger partial charge in [-0.1, -0.05) is 38.1 Å². The van der Waals surface area contributed by atoms with Crippen LogP contribution in [0.5, 0.6) is 17.2 Å². The predicted octanol–water partition coefficient (Wildman–Crippen LogP) is 5.23. The van der Waals surface area contributed by atoms with Gasteiger partial charge >= 0.3 is 0 Å². The third kappa shape index (κ3) is 4.99. The van der Waals surface area contributed by atoms with Gasteiger partial charge < -0.3 is 14.2 Å². The monoisotopic (exact) mass is 455 g/mol. The Hall–Kier alpha value is -3.19. The highest BCUT2D eigenvalue weighted by atomic mass is 32.2. The standard InChI is InChI=1S/C25H29NO5S/c1-18(2)20-8-6-19(7-9-20)17-26(21-10-15-24(30-4)25(16-21)31-5)32(27,28)23-13-11-22(29-3)12-14-23/h6-16,18H,17H2,1-5H3. The highest BCUT2D eigenvalue weighted by Crippen LogP contribution is 2.35. The lowest BCUT2D eigenvalue weighted by Gasteiger charge is -2.26. The van der Waals surface area contributed by atoms with Gasteiger partial charge in [0.15, 0.2) is 11.5 Å². The first-order valence-electron chi connectivity index (χ1n) is 10.3. The topological polar surface area (TPSA) is 65.1 Å². The Labute approximate surface area is 190 Å². The Morgan fingerprint density at radius 1 is 0.781 bits per heavy atom. The molecule has 0 bridgehead atoms. The van der Waals surface area contributed by atoms with Crippen molar-refractivity contribution in [3.63, 3.8) is 0 Å². The summed E-state index contributed by atoms with van der Waals surface area (Å²) in [5.74, 6) is 1.97. The van der Waals surface area contributed by atoms with Crippen molar-refractivity contribution in [2.45, 2.75) is 31.2 Å². The predicted molar refractivity (Wildman–Crippen MR) is 126 cm³/mol. The largest absolute Gasteiger partial charge is 0.497 e. The molecule has 170 valence electrons. The number of hydrogen-bond acceptors (Lipinski definition) is 5. The molecule has 7 heteroatoms. The van der Waals surface area contributed by atoms with Crippen molar-refractivity contribution >= 4 is 15.7 Å². The van der Waals surface area contributed by atoms with Gasteiger partial charge in [-0.05, 0) is 53.4 Å². The van der Waals surface area contributed by atoms with Crippen molar-refractivity contribution in [2.24, 2.45) is 0 Å². The summed E-state index contributed by atoms with van der Waals surface area (Å²) >= 11 is 0. The number of ether oxygens (including phenoxy) is 3. The van der Waals surface area contributed by atoms with E-state index in [2.05, 4.69) is 13.8 Å². The number of hydrogen-bond donors (Lipinski definition) is 0. The van der Waals surface area contributed by atoms with Crippen molar-refractivity contribution in [3.05, 3.63) is 77.9 Å². The second kappa shape index (κ2) is 9.96. The second-order valence-corrected chi connectivity index (χ2v) is 9.49. The number of sulfonamides is 1. The van der Waals surface area contributed by atoms with Gasteiger partial charge in [0.25, 0.3) is 10.0 Å². The number of methoxy groups -OCH3 is 3. The third-order valence-electron chi connectivity index (χ3n) is 5.28. The molecule has 0 aliphatic heterocycles. The zero-order valence-corrected chi connectivity index (χ0v) is 19.8. The van der Waals surface area contributed by atoms with Crippen LogP contribution >= 0.6 is 0 Å². The molecule has 0 N–H and O–H groups in total. The summed E-state index contributed by atoms with van der Waals surface area (Å²) in [6.45, 7) is 4.42. The lowest BCUT2D eigenvalue weighted by molar-refractivity contribution is 0.355. The van der Waals surface area contributed by atoms with Gasteiger partial charge in [0.05, 0.1) is 38.5 Å². The minimum absolute atomic E-state index is 0.169. The van der Waals surface area contributed by atoms with Gasteiger partial charge in [-0.3, -0.25) is 4.31 Å². The summed E-state index contributed by atoms with van der Waals surface area (Å²) in [6.07, 6.45) is 0. The number of anilines is 1. The Morgan fingerprint density at radius 3 is 1.94 bits per heavy atom. The number of rotatable bonds is 9. The molecule has 0 aliphatic rings. The quantitative estimate of drug-likeness (QED) is 0.442. The summed E-state index contributed by atoms with van der Waals surface area (Å²) < 4.78 is 44.6. The van der Waals surface area contributed by atoms with Crippen molar-refractivity contribution in [1.29, 1.82) is 0 Å². The minimum atomic E-state index is -3.87. The van der Waals surface area contributed by atoms with E-state index in [9.17, 15) is 8.42 Å². The molecule has 3 rings (SSSR count). The van der Waals surface area contributed by atoms with Gasteiger partial charge in [0.2, 0.25) is 0 Å². The Morgan fingerprint density at radius 2 is 1.41 bits per heavy atom. The van der Waals surface area contributed by atoms with E-state index in [4.69, 9.17) is 14.2 Å². The van der Waals surface area contributed by atoms with Crippen molar-refractivity contribution in [3.8, 4) is 17.2 Å². The van der Waals surface area contributed by atoms with Gasteiger partial charge in [-0.15, -0.1) is 0 Å². The van der Waals surface area contributed by atoms with Crippen LogP contribution in [0.3, 0.4) is 0 Å². The highest BCUT2D eigenvalue weighted by Gasteiger charge is 2.26. The molecule has 0 spiro atoms. The molecule has 0 saturated carbocycles. The molecular weight excluding hydrogens is 426 g/mol. The summed E-state index contributed by atoms with van der Waals surface area (Å²) in [4.78, 5) is 0.173. The molecule has 0 aliphatic carbocycles. The molecular formula is C25H29NO5S. The van der Waals surface area contributed by atoms with Crippen LogP contribution in [0.2, 0.25) is 0 Å². The van der Waals surface area contributed by atoms with Crippen molar-refractivity contribution in [2.75, 3.05) is 25.6 Å². The SMILES string of the molecule is COc1ccc(S(=O)(=O)N(Cc2ccc(C(C)C)cc2)c2ccc(OC)c(OC)c2)cc1. The first kappa shape index (κ1) is 23.5. The first-order valence-corrected chi connectivity index (χ1v) is 11.7. The van der Waals surface area contributed by atoms with Gasteiger partial charge in [-0.25, -0.2) is 8.42 Å². The summed E-state index contributed by atoms with van der Waals surface area (Å²) in [7, 11) is 0.739. The first-order chi connectivity index (χ1) is 15.3. The van der Waals surface area contributed by atoms with Crippen LogP contribution in [-0.2, 0) is 16.6 Å². The molecule has 32 heavy (non-hydrogen) atoms. The molecule has 0 heterocycles. The van der Waals surface area contributed by atoms with Gasteiger partial charge in [-0.2, -0.15) is 0 Å². The fraction of sp³-hybridized carbons (Fsp3) is 0.280. The second-order valence-electron chi connectivity index (χ2n) is 7.62. The molecule has 6 nitrogen and oxygen atoms in total. The maximum Gasteiger partial charge on any atom is 0.264 e. The Bertz CT molecular complexity index is 1140. The van der Waals surface area contributed by atoms with Crippen LogP contribution in [0, 0.1) is 0 Å². The Balaban J connectivity index is 2.07. The molecule has 0 atom stereocenters. The van der Waals surface area contributed by atoms with E-state index in [1.165, 1.54) is 17.0 Å². The molecule has 0 fully saturated rings. The number of benzene rings is 3. The minimum Gasteiger partial charge on any atom is -0.497 e. The average Bonchev–Trinajstić information content (AvgIpc) is 2.82. The maximum absolute atomic E-state index is 13.7. The van der Waals surface area contributed by atoms with Gasteiger partial charge in [0.1, 0.15) is 5.75 Å². The zero-order chi connectivity index (χ0) is 23.3. The molecule has 0 aromatic heterocycles. The molecule has 3 aromatic carbocycles. The smallest absolute Gasteiger partial charge is 0.264 e. The lowest BCUT2D eigenvalue weighted by Crippen LogP contribution is -2.30. The van der Waals surface area contributed by atoms with E-state index >= 15 is 0 Å². The van der Waals surface area contributed by atoms with Crippen LogP contribution < -0.4 is 18.5 Å². The van der Waals surface area contributed by atoms with E-state index in [1.807, 2.05) is 24.3 Å².